The fourth-order valence-corrected chi connectivity index (χ4v) is 2.76. The number of carbonyl (C=O) groups excluding carboxylic acids is 1. The third-order valence-corrected chi connectivity index (χ3v) is 3.99. The van der Waals surface area contributed by atoms with E-state index >= 15 is 0 Å². The predicted octanol–water partition coefficient (Wildman–Crippen LogP) is 3.55. The van der Waals surface area contributed by atoms with Crippen LogP contribution < -0.4 is 5.32 Å². The molecule has 4 nitrogen and oxygen atoms in total. The van der Waals surface area contributed by atoms with Crippen molar-refractivity contribution < 1.29 is 14.3 Å². The molecule has 3 rings (SSSR count). The molecule has 3 aromatic rings. The van der Waals surface area contributed by atoms with Gasteiger partial charge in [-0.2, -0.15) is 0 Å². The lowest BCUT2D eigenvalue weighted by Crippen LogP contribution is -2.29. The van der Waals surface area contributed by atoms with Crippen molar-refractivity contribution in [3.63, 3.8) is 0 Å². The minimum Gasteiger partial charge on any atom is -0.396 e. The molecule has 1 aromatic heterocycles. The molecule has 1 heterocycles. The van der Waals surface area contributed by atoms with Gasteiger partial charge < -0.3 is 15.4 Å². The summed E-state index contributed by atoms with van der Waals surface area (Å²) in [6.45, 7) is 0.0743. The number of benzene rings is 2. The topological polar surface area (TPSA) is 65.1 Å². The van der Waals surface area contributed by atoms with Crippen LogP contribution in [0.5, 0.6) is 0 Å². The molecule has 0 aliphatic rings. The number of aliphatic hydroxyl groups is 1. The maximum Gasteiger partial charge on any atom is 0.268 e. The van der Waals surface area contributed by atoms with Crippen molar-refractivity contribution >= 4 is 16.8 Å². The lowest BCUT2D eigenvalue weighted by Gasteiger charge is -2.18. The van der Waals surface area contributed by atoms with Crippen LogP contribution in [0.2, 0.25) is 0 Å². The third kappa shape index (κ3) is 3.63. The smallest absolute Gasteiger partial charge is 0.268 e. The number of aromatic amines is 1. The van der Waals surface area contributed by atoms with Gasteiger partial charge in [-0.05, 0) is 42.7 Å². The summed E-state index contributed by atoms with van der Waals surface area (Å²) in [5, 5.41) is 12.7. The van der Waals surface area contributed by atoms with E-state index in [-0.39, 0.29) is 24.4 Å². The highest BCUT2D eigenvalue weighted by atomic mass is 19.1. The van der Waals surface area contributed by atoms with Crippen LogP contribution in [0.1, 0.15) is 34.9 Å². The van der Waals surface area contributed by atoms with Gasteiger partial charge in [-0.1, -0.05) is 30.3 Å². The summed E-state index contributed by atoms with van der Waals surface area (Å²) < 4.78 is 13.3. The first kappa shape index (κ1) is 16.2. The standard InChI is InChI=1S/C19H19FN2O2/c20-15-8-9-17-14(11-15)12-18(21-17)19(24)22-16(7-4-10-23)13-5-2-1-3-6-13/h1-3,5-6,8-9,11-12,16,21,23H,4,7,10H2,(H,22,24). The molecule has 0 aliphatic carbocycles. The minimum absolute atomic E-state index is 0.0743. The molecule has 5 heteroatoms. The van der Waals surface area contributed by atoms with Crippen LogP contribution in [0.15, 0.2) is 54.6 Å². The molecule has 0 aliphatic heterocycles. The van der Waals surface area contributed by atoms with E-state index in [1.165, 1.54) is 12.1 Å². The van der Waals surface area contributed by atoms with E-state index in [9.17, 15) is 9.18 Å². The molecular weight excluding hydrogens is 307 g/mol. The number of aliphatic hydroxyl groups excluding tert-OH is 1. The highest BCUT2D eigenvalue weighted by Crippen LogP contribution is 2.21. The first-order chi connectivity index (χ1) is 11.7. The van der Waals surface area contributed by atoms with Crippen LogP contribution in [-0.2, 0) is 0 Å². The molecule has 24 heavy (non-hydrogen) atoms. The van der Waals surface area contributed by atoms with Gasteiger partial charge in [0.2, 0.25) is 0 Å². The number of carbonyl (C=O) groups is 1. The molecule has 0 saturated carbocycles. The van der Waals surface area contributed by atoms with E-state index in [1.54, 1.807) is 12.1 Å². The Labute approximate surface area is 139 Å². The number of H-pyrrole nitrogens is 1. The highest BCUT2D eigenvalue weighted by Gasteiger charge is 2.17. The van der Waals surface area contributed by atoms with Crippen LogP contribution in [0, 0.1) is 5.82 Å². The summed E-state index contributed by atoms with van der Waals surface area (Å²) in [6.07, 6.45) is 1.23. The number of aromatic nitrogens is 1. The van der Waals surface area contributed by atoms with Gasteiger partial charge in [0.15, 0.2) is 0 Å². The Bertz CT molecular complexity index is 830. The zero-order valence-electron chi connectivity index (χ0n) is 13.1. The van der Waals surface area contributed by atoms with E-state index in [1.807, 2.05) is 30.3 Å². The molecular formula is C19H19FN2O2. The molecule has 1 atom stereocenters. The Morgan fingerprint density at radius 1 is 1.17 bits per heavy atom. The van der Waals surface area contributed by atoms with Crippen molar-refractivity contribution in [2.24, 2.45) is 0 Å². The summed E-state index contributed by atoms with van der Waals surface area (Å²) in [7, 11) is 0. The van der Waals surface area contributed by atoms with Crippen molar-refractivity contribution in [1.29, 1.82) is 0 Å². The van der Waals surface area contributed by atoms with Gasteiger partial charge in [0.1, 0.15) is 11.5 Å². The largest absolute Gasteiger partial charge is 0.396 e. The van der Waals surface area contributed by atoms with Crippen molar-refractivity contribution in [2.75, 3.05) is 6.61 Å². The Morgan fingerprint density at radius 3 is 2.71 bits per heavy atom. The van der Waals surface area contributed by atoms with Gasteiger partial charge in [-0.15, -0.1) is 0 Å². The molecule has 0 spiro atoms. The van der Waals surface area contributed by atoms with Crippen LogP contribution >= 0.6 is 0 Å². The Morgan fingerprint density at radius 2 is 1.96 bits per heavy atom. The average Bonchev–Trinajstić information content (AvgIpc) is 3.02. The SMILES string of the molecule is O=C(NC(CCCO)c1ccccc1)c1cc2cc(F)ccc2[nH]1. The van der Waals surface area contributed by atoms with E-state index < -0.39 is 0 Å². The molecule has 0 radical (unpaired) electrons. The van der Waals surface area contributed by atoms with Crippen LogP contribution in [0.3, 0.4) is 0 Å². The zero-order chi connectivity index (χ0) is 16.9. The second kappa shape index (κ2) is 7.27. The lowest BCUT2D eigenvalue weighted by molar-refractivity contribution is 0.0928. The second-order valence-corrected chi connectivity index (χ2v) is 5.72. The van der Waals surface area contributed by atoms with Crippen LogP contribution in [0.25, 0.3) is 10.9 Å². The van der Waals surface area contributed by atoms with E-state index in [4.69, 9.17) is 5.11 Å². The molecule has 0 fully saturated rings. The van der Waals surface area contributed by atoms with Crippen LogP contribution in [-0.4, -0.2) is 22.6 Å². The molecule has 1 amide bonds. The van der Waals surface area contributed by atoms with Crippen LogP contribution in [0.4, 0.5) is 4.39 Å². The van der Waals surface area contributed by atoms with Gasteiger partial charge in [-0.3, -0.25) is 4.79 Å². The van der Waals surface area contributed by atoms with E-state index in [0.29, 0.717) is 29.4 Å². The predicted molar refractivity (Wildman–Crippen MR) is 91.2 cm³/mol. The first-order valence-corrected chi connectivity index (χ1v) is 7.92. The number of hydrogen-bond donors (Lipinski definition) is 3. The molecule has 1 unspecified atom stereocenters. The molecule has 0 saturated heterocycles. The summed E-state index contributed by atoms with van der Waals surface area (Å²) in [5.41, 5.74) is 2.09. The quantitative estimate of drug-likeness (QED) is 0.648. The summed E-state index contributed by atoms with van der Waals surface area (Å²) in [5.74, 6) is -0.586. The number of halogens is 1. The number of hydrogen-bond acceptors (Lipinski definition) is 2. The lowest BCUT2D eigenvalue weighted by atomic mass is 10.0. The monoisotopic (exact) mass is 326 g/mol. The Kier molecular flexibility index (Phi) is 4.91. The fraction of sp³-hybridized carbons (Fsp3) is 0.211. The molecule has 2 aromatic carbocycles. The fourth-order valence-electron chi connectivity index (χ4n) is 2.76. The van der Waals surface area contributed by atoms with Gasteiger partial charge >= 0.3 is 0 Å². The highest BCUT2D eigenvalue weighted by molar-refractivity contribution is 5.98. The Balaban J connectivity index is 1.81. The second-order valence-electron chi connectivity index (χ2n) is 5.72. The first-order valence-electron chi connectivity index (χ1n) is 7.92. The number of amides is 1. The van der Waals surface area contributed by atoms with Crippen molar-refractivity contribution in [1.82, 2.24) is 10.3 Å². The number of fused-ring (bicyclic) bond motifs is 1. The van der Waals surface area contributed by atoms with E-state index in [2.05, 4.69) is 10.3 Å². The summed E-state index contributed by atoms with van der Waals surface area (Å²) in [4.78, 5) is 15.6. The summed E-state index contributed by atoms with van der Waals surface area (Å²) >= 11 is 0. The molecule has 3 N–H and O–H groups in total. The third-order valence-electron chi connectivity index (χ3n) is 3.99. The van der Waals surface area contributed by atoms with Gasteiger partial charge in [0, 0.05) is 17.5 Å². The van der Waals surface area contributed by atoms with Crippen molar-refractivity contribution in [2.45, 2.75) is 18.9 Å². The zero-order valence-corrected chi connectivity index (χ0v) is 13.1. The van der Waals surface area contributed by atoms with Gasteiger partial charge in [0.25, 0.3) is 5.91 Å². The number of nitrogens with one attached hydrogen (secondary N) is 2. The van der Waals surface area contributed by atoms with E-state index in [0.717, 1.165) is 5.56 Å². The van der Waals surface area contributed by atoms with Gasteiger partial charge in [-0.25, -0.2) is 4.39 Å². The minimum atomic E-state index is -0.335. The number of rotatable bonds is 6. The summed E-state index contributed by atoms with van der Waals surface area (Å²) in [6, 6.07) is 15.5. The molecule has 0 bridgehead atoms. The normalized spacial score (nSPS) is 12.2. The van der Waals surface area contributed by atoms with Crippen molar-refractivity contribution in [3.8, 4) is 0 Å². The maximum absolute atomic E-state index is 13.3. The van der Waals surface area contributed by atoms with Crippen molar-refractivity contribution in [3.05, 3.63) is 71.7 Å². The maximum atomic E-state index is 13.3. The van der Waals surface area contributed by atoms with Gasteiger partial charge in [0.05, 0.1) is 6.04 Å². The molecule has 124 valence electrons. The average molecular weight is 326 g/mol. The Hall–Kier alpha value is -2.66.